The average Bonchev–Trinajstić information content (AvgIpc) is 2.90. The lowest BCUT2D eigenvalue weighted by molar-refractivity contribution is -0.122. The Morgan fingerprint density at radius 2 is 2.42 bits per heavy atom. The Morgan fingerprint density at radius 1 is 1.58 bits per heavy atom. The van der Waals surface area contributed by atoms with Gasteiger partial charge in [0.2, 0.25) is 5.91 Å². The van der Waals surface area contributed by atoms with Gasteiger partial charge in [-0.25, -0.2) is 0 Å². The number of hydrogen-bond donors (Lipinski definition) is 2. The van der Waals surface area contributed by atoms with Crippen molar-refractivity contribution >= 4 is 29.0 Å². The zero-order chi connectivity index (χ0) is 13.7. The van der Waals surface area contributed by atoms with E-state index in [1.165, 1.54) is 4.88 Å². The number of amides is 1. The standard InChI is InChI=1S/C14H22N2OS2/c1-10(2)14(12-4-3-6-19-12)16-13(17)8-11-9-18-7-5-15-11/h3-4,6,10-11,14-15H,5,7-9H2,1-2H3,(H,16,17). The Morgan fingerprint density at radius 3 is 3.00 bits per heavy atom. The van der Waals surface area contributed by atoms with Gasteiger partial charge < -0.3 is 10.6 Å². The summed E-state index contributed by atoms with van der Waals surface area (Å²) in [5, 5.41) is 8.66. The number of carbonyl (C=O) groups is 1. The van der Waals surface area contributed by atoms with Crippen molar-refractivity contribution < 1.29 is 4.79 Å². The summed E-state index contributed by atoms with van der Waals surface area (Å²) >= 11 is 3.64. The molecule has 0 saturated carbocycles. The van der Waals surface area contributed by atoms with Crippen LogP contribution in [-0.4, -0.2) is 30.0 Å². The van der Waals surface area contributed by atoms with Crippen molar-refractivity contribution in [3.8, 4) is 0 Å². The molecule has 1 aliphatic heterocycles. The normalized spacial score (nSPS) is 21.3. The quantitative estimate of drug-likeness (QED) is 0.878. The van der Waals surface area contributed by atoms with Crippen LogP contribution in [0.2, 0.25) is 0 Å². The van der Waals surface area contributed by atoms with Gasteiger partial charge in [-0.2, -0.15) is 11.8 Å². The van der Waals surface area contributed by atoms with Gasteiger partial charge in [-0.05, 0) is 17.4 Å². The summed E-state index contributed by atoms with van der Waals surface area (Å²) in [6.45, 7) is 5.32. The fourth-order valence-electron chi connectivity index (χ4n) is 2.24. The first-order valence-corrected chi connectivity index (χ1v) is 8.84. The van der Waals surface area contributed by atoms with Crippen molar-refractivity contribution in [2.75, 3.05) is 18.1 Å². The van der Waals surface area contributed by atoms with Crippen LogP contribution in [0.25, 0.3) is 0 Å². The molecule has 1 saturated heterocycles. The van der Waals surface area contributed by atoms with Gasteiger partial charge in [-0.15, -0.1) is 11.3 Å². The Labute approximate surface area is 123 Å². The molecule has 5 heteroatoms. The maximum atomic E-state index is 12.2. The van der Waals surface area contributed by atoms with E-state index in [0.717, 1.165) is 18.1 Å². The molecule has 2 unspecified atom stereocenters. The summed E-state index contributed by atoms with van der Waals surface area (Å²) in [6, 6.07) is 4.62. The molecular formula is C14H22N2OS2. The molecule has 1 amide bonds. The number of thioether (sulfide) groups is 1. The predicted molar refractivity (Wildman–Crippen MR) is 83.8 cm³/mol. The van der Waals surface area contributed by atoms with Crippen LogP contribution in [-0.2, 0) is 4.79 Å². The van der Waals surface area contributed by atoms with Crippen molar-refractivity contribution in [1.29, 1.82) is 0 Å². The van der Waals surface area contributed by atoms with Gasteiger partial charge >= 0.3 is 0 Å². The van der Waals surface area contributed by atoms with Gasteiger partial charge in [0.05, 0.1) is 6.04 Å². The van der Waals surface area contributed by atoms with Crippen LogP contribution in [0.15, 0.2) is 17.5 Å². The number of rotatable bonds is 5. The van der Waals surface area contributed by atoms with E-state index in [9.17, 15) is 4.79 Å². The number of nitrogens with one attached hydrogen (secondary N) is 2. The lowest BCUT2D eigenvalue weighted by atomic mass is 10.0. The lowest BCUT2D eigenvalue weighted by Gasteiger charge is -2.25. The second-order valence-corrected chi connectivity index (χ2v) is 7.36. The second-order valence-electron chi connectivity index (χ2n) is 5.23. The molecule has 19 heavy (non-hydrogen) atoms. The largest absolute Gasteiger partial charge is 0.348 e. The summed E-state index contributed by atoms with van der Waals surface area (Å²) < 4.78 is 0. The van der Waals surface area contributed by atoms with Crippen molar-refractivity contribution in [1.82, 2.24) is 10.6 Å². The molecule has 1 aliphatic rings. The zero-order valence-electron chi connectivity index (χ0n) is 11.5. The minimum absolute atomic E-state index is 0.142. The average molecular weight is 298 g/mol. The van der Waals surface area contributed by atoms with Gasteiger partial charge in [0.1, 0.15) is 0 Å². The van der Waals surface area contributed by atoms with Crippen LogP contribution >= 0.6 is 23.1 Å². The van der Waals surface area contributed by atoms with E-state index in [4.69, 9.17) is 0 Å². The number of carbonyl (C=O) groups excluding carboxylic acids is 1. The molecule has 1 fully saturated rings. The maximum Gasteiger partial charge on any atom is 0.222 e. The Hall–Kier alpha value is -0.520. The van der Waals surface area contributed by atoms with E-state index in [0.29, 0.717) is 18.4 Å². The fourth-order valence-corrected chi connectivity index (χ4v) is 4.14. The van der Waals surface area contributed by atoms with Crippen LogP contribution in [0.4, 0.5) is 0 Å². The van der Waals surface area contributed by atoms with Gasteiger partial charge in [0.15, 0.2) is 0 Å². The Balaban J connectivity index is 1.88. The number of thiophene rings is 1. The predicted octanol–water partition coefficient (Wildman–Crippen LogP) is 2.66. The van der Waals surface area contributed by atoms with E-state index in [-0.39, 0.29) is 11.9 Å². The lowest BCUT2D eigenvalue weighted by Crippen LogP contribution is -2.42. The molecule has 2 N–H and O–H groups in total. The fraction of sp³-hybridized carbons (Fsp3) is 0.643. The van der Waals surface area contributed by atoms with Crippen molar-refractivity contribution in [2.45, 2.75) is 32.4 Å². The van der Waals surface area contributed by atoms with Crippen LogP contribution < -0.4 is 10.6 Å². The maximum absolute atomic E-state index is 12.2. The van der Waals surface area contributed by atoms with Crippen LogP contribution in [0.5, 0.6) is 0 Å². The molecule has 106 valence electrons. The molecular weight excluding hydrogens is 276 g/mol. The third-order valence-electron chi connectivity index (χ3n) is 3.26. The molecule has 2 heterocycles. The molecule has 1 aromatic rings. The Bertz CT molecular complexity index is 386. The second kappa shape index (κ2) is 7.31. The zero-order valence-corrected chi connectivity index (χ0v) is 13.2. The van der Waals surface area contributed by atoms with Crippen LogP contribution in [0.3, 0.4) is 0 Å². The molecule has 0 aromatic carbocycles. The van der Waals surface area contributed by atoms with Gasteiger partial charge in [-0.1, -0.05) is 19.9 Å². The first-order valence-electron chi connectivity index (χ1n) is 6.80. The summed E-state index contributed by atoms with van der Waals surface area (Å²) in [7, 11) is 0. The molecule has 2 rings (SSSR count). The highest BCUT2D eigenvalue weighted by Gasteiger charge is 2.22. The van der Waals surface area contributed by atoms with Crippen LogP contribution in [0, 0.1) is 5.92 Å². The van der Waals surface area contributed by atoms with E-state index < -0.39 is 0 Å². The first kappa shape index (κ1) is 14.9. The molecule has 2 atom stereocenters. The SMILES string of the molecule is CC(C)C(NC(=O)CC1CSCCN1)c1cccs1. The van der Waals surface area contributed by atoms with Crippen LogP contribution in [0.1, 0.15) is 31.2 Å². The molecule has 0 radical (unpaired) electrons. The summed E-state index contributed by atoms with van der Waals surface area (Å²) in [6.07, 6.45) is 0.585. The highest BCUT2D eigenvalue weighted by Crippen LogP contribution is 2.26. The topological polar surface area (TPSA) is 41.1 Å². The monoisotopic (exact) mass is 298 g/mol. The smallest absolute Gasteiger partial charge is 0.222 e. The van der Waals surface area contributed by atoms with Crippen molar-refractivity contribution in [2.24, 2.45) is 5.92 Å². The van der Waals surface area contributed by atoms with Gasteiger partial charge in [0.25, 0.3) is 0 Å². The summed E-state index contributed by atoms with van der Waals surface area (Å²) in [5.41, 5.74) is 0. The van der Waals surface area contributed by atoms with Crippen molar-refractivity contribution in [3.05, 3.63) is 22.4 Å². The van der Waals surface area contributed by atoms with E-state index in [1.54, 1.807) is 11.3 Å². The molecule has 1 aromatic heterocycles. The van der Waals surface area contributed by atoms with Gasteiger partial charge in [0, 0.05) is 35.4 Å². The molecule has 0 spiro atoms. The minimum atomic E-state index is 0.142. The first-order chi connectivity index (χ1) is 9.16. The van der Waals surface area contributed by atoms with E-state index in [2.05, 4.69) is 35.9 Å². The van der Waals surface area contributed by atoms with Gasteiger partial charge in [-0.3, -0.25) is 4.79 Å². The summed E-state index contributed by atoms with van der Waals surface area (Å²) in [4.78, 5) is 13.4. The summed E-state index contributed by atoms with van der Waals surface area (Å²) in [5.74, 6) is 2.77. The molecule has 3 nitrogen and oxygen atoms in total. The third-order valence-corrected chi connectivity index (χ3v) is 5.35. The van der Waals surface area contributed by atoms with E-state index in [1.807, 2.05) is 17.8 Å². The molecule has 0 aliphatic carbocycles. The number of hydrogen-bond acceptors (Lipinski definition) is 4. The highest BCUT2D eigenvalue weighted by atomic mass is 32.2. The Kier molecular flexibility index (Phi) is 5.73. The molecule has 0 bridgehead atoms. The highest BCUT2D eigenvalue weighted by molar-refractivity contribution is 7.99. The van der Waals surface area contributed by atoms with E-state index >= 15 is 0 Å². The van der Waals surface area contributed by atoms with Crippen molar-refractivity contribution in [3.63, 3.8) is 0 Å². The third kappa shape index (κ3) is 4.51. The minimum Gasteiger partial charge on any atom is -0.348 e.